The molecule has 1 aromatic carbocycles. The second-order valence-corrected chi connectivity index (χ2v) is 5.06. The van der Waals surface area contributed by atoms with Crippen molar-refractivity contribution in [2.24, 2.45) is 5.92 Å². The van der Waals surface area contributed by atoms with Gasteiger partial charge in [0.05, 0.1) is 5.92 Å². The third-order valence-electron chi connectivity index (χ3n) is 3.21. The number of carboxylic acids is 1. The molecule has 1 aliphatic heterocycles. The van der Waals surface area contributed by atoms with E-state index in [1.54, 1.807) is 0 Å². The van der Waals surface area contributed by atoms with E-state index >= 15 is 0 Å². The van der Waals surface area contributed by atoms with Crippen molar-refractivity contribution in [2.45, 2.75) is 19.4 Å². The van der Waals surface area contributed by atoms with Crippen LogP contribution in [0.25, 0.3) is 0 Å². The molecule has 1 saturated heterocycles. The molecule has 4 heteroatoms. The van der Waals surface area contributed by atoms with Crippen molar-refractivity contribution in [3.05, 3.63) is 28.7 Å². The summed E-state index contributed by atoms with van der Waals surface area (Å²) in [5.74, 6) is -0.941. The van der Waals surface area contributed by atoms with Gasteiger partial charge in [-0.1, -0.05) is 22.0 Å². The highest BCUT2D eigenvalue weighted by atomic mass is 79.9. The van der Waals surface area contributed by atoms with E-state index in [2.05, 4.69) is 20.8 Å². The number of carbonyl (C=O) groups is 1. The molecule has 0 spiro atoms. The first-order valence-corrected chi connectivity index (χ1v) is 6.14. The van der Waals surface area contributed by atoms with Crippen LogP contribution in [0.5, 0.6) is 0 Å². The summed E-state index contributed by atoms with van der Waals surface area (Å²) < 4.78 is 1.02. The van der Waals surface area contributed by atoms with E-state index in [-0.39, 0.29) is 12.0 Å². The lowest BCUT2D eigenvalue weighted by Gasteiger charge is -2.25. The molecule has 1 aromatic rings. The molecule has 86 valence electrons. The largest absolute Gasteiger partial charge is 0.481 e. The summed E-state index contributed by atoms with van der Waals surface area (Å²) in [5.41, 5.74) is 1.09. The van der Waals surface area contributed by atoms with E-state index in [1.165, 1.54) is 0 Å². The predicted molar refractivity (Wildman–Crippen MR) is 66.7 cm³/mol. The Balaban J connectivity index is 2.21. The maximum absolute atomic E-state index is 11.0. The smallest absolute Gasteiger partial charge is 0.308 e. The summed E-state index contributed by atoms with van der Waals surface area (Å²) in [5, 5.41) is 9.07. The van der Waals surface area contributed by atoms with Gasteiger partial charge in [-0.15, -0.1) is 0 Å². The summed E-state index contributed by atoms with van der Waals surface area (Å²) in [7, 11) is 0. The van der Waals surface area contributed by atoms with Crippen LogP contribution in [0.3, 0.4) is 0 Å². The van der Waals surface area contributed by atoms with E-state index in [0.29, 0.717) is 0 Å². The minimum Gasteiger partial charge on any atom is -0.481 e. The maximum Gasteiger partial charge on any atom is 0.308 e. The standard InChI is InChI=1S/C12H14BrNO2/c1-8-11(12(15)16)5-6-14(8)10-4-2-3-9(13)7-10/h2-4,7-8,11H,5-6H2,1H3,(H,15,16). The Labute approximate surface area is 103 Å². The third-order valence-corrected chi connectivity index (χ3v) is 3.71. The molecule has 1 fully saturated rings. The molecule has 0 bridgehead atoms. The zero-order chi connectivity index (χ0) is 11.7. The van der Waals surface area contributed by atoms with Crippen molar-refractivity contribution in [2.75, 3.05) is 11.4 Å². The molecular weight excluding hydrogens is 270 g/mol. The van der Waals surface area contributed by atoms with Gasteiger partial charge < -0.3 is 10.0 Å². The number of rotatable bonds is 2. The number of aliphatic carboxylic acids is 1. The molecule has 2 atom stereocenters. The van der Waals surface area contributed by atoms with Crippen LogP contribution in [0.2, 0.25) is 0 Å². The quantitative estimate of drug-likeness (QED) is 0.907. The van der Waals surface area contributed by atoms with E-state index < -0.39 is 5.97 Å². The van der Waals surface area contributed by atoms with Crippen molar-refractivity contribution in [1.82, 2.24) is 0 Å². The molecule has 2 unspecified atom stereocenters. The Bertz CT molecular complexity index is 408. The first-order chi connectivity index (χ1) is 7.59. The Kier molecular flexibility index (Phi) is 3.19. The molecule has 0 amide bonds. The molecule has 3 nitrogen and oxygen atoms in total. The monoisotopic (exact) mass is 283 g/mol. The van der Waals surface area contributed by atoms with Crippen LogP contribution in [0.1, 0.15) is 13.3 Å². The number of halogens is 1. The minimum atomic E-state index is -0.690. The van der Waals surface area contributed by atoms with Crippen LogP contribution in [0.4, 0.5) is 5.69 Å². The highest BCUT2D eigenvalue weighted by Gasteiger charge is 2.35. The highest BCUT2D eigenvalue weighted by molar-refractivity contribution is 9.10. The highest BCUT2D eigenvalue weighted by Crippen LogP contribution is 2.31. The lowest BCUT2D eigenvalue weighted by Crippen LogP contribution is -2.32. The lowest BCUT2D eigenvalue weighted by atomic mass is 10.0. The first-order valence-electron chi connectivity index (χ1n) is 5.34. The van der Waals surface area contributed by atoms with Crippen molar-refractivity contribution in [1.29, 1.82) is 0 Å². The average Bonchev–Trinajstić information content (AvgIpc) is 2.60. The Hall–Kier alpha value is -1.03. The van der Waals surface area contributed by atoms with E-state index in [9.17, 15) is 4.79 Å². The molecule has 0 radical (unpaired) electrons. The van der Waals surface area contributed by atoms with E-state index in [1.807, 2.05) is 31.2 Å². The third kappa shape index (κ3) is 2.07. The van der Waals surface area contributed by atoms with E-state index in [4.69, 9.17) is 5.11 Å². The maximum atomic E-state index is 11.0. The van der Waals surface area contributed by atoms with Gasteiger partial charge in [0.1, 0.15) is 0 Å². The molecule has 1 heterocycles. The summed E-state index contributed by atoms with van der Waals surface area (Å²) in [6.07, 6.45) is 0.725. The molecule has 1 N–H and O–H groups in total. The van der Waals surface area contributed by atoms with Crippen LogP contribution >= 0.6 is 15.9 Å². The SMILES string of the molecule is CC1C(C(=O)O)CCN1c1cccc(Br)c1. The fourth-order valence-electron chi connectivity index (χ4n) is 2.29. The number of hydrogen-bond donors (Lipinski definition) is 1. The number of hydrogen-bond acceptors (Lipinski definition) is 2. The summed E-state index contributed by atoms with van der Waals surface area (Å²) in [4.78, 5) is 13.2. The number of nitrogens with zero attached hydrogens (tertiary/aromatic N) is 1. The van der Waals surface area contributed by atoms with Gasteiger partial charge in [-0.2, -0.15) is 0 Å². The molecule has 2 rings (SSSR count). The second kappa shape index (κ2) is 4.45. The van der Waals surface area contributed by atoms with Gasteiger partial charge in [0.2, 0.25) is 0 Å². The number of benzene rings is 1. The Morgan fingerprint density at radius 3 is 2.88 bits per heavy atom. The topological polar surface area (TPSA) is 40.5 Å². The van der Waals surface area contributed by atoms with Crippen LogP contribution in [0, 0.1) is 5.92 Å². The van der Waals surface area contributed by atoms with Gasteiger partial charge in [0.25, 0.3) is 0 Å². The molecule has 1 aliphatic rings. The van der Waals surface area contributed by atoms with E-state index in [0.717, 1.165) is 23.1 Å². The second-order valence-electron chi connectivity index (χ2n) is 4.15. The van der Waals surface area contributed by atoms with Crippen molar-refractivity contribution in [3.63, 3.8) is 0 Å². The lowest BCUT2D eigenvalue weighted by molar-refractivity contribution is -0.141. The molecule has 0 aromatic heterocycles. The normalized spacial score (nSPS) is 24.8. The first kappa shape index (κ1) is 11.5. The van der Waals surface area contributed by atoms with Crippen molar-refractivity contribution < 1.29 is 9.90 Å². The fourth-order valence-corrected chi connectivity index (χ4v) is 2.68. The van der Waals surface area contributed by atoms with Crippen LogP contribution in [-0.4, -0.2) is 23.7 Å². The zero-order valence-electron chi connectivity index (χ0n) is 9.06. The molecule has 0 saturated carbocycles. The van der Waals surface area contributed by atoms with Crippen LogP contribution in [-0.2, 0) is 4.79 Å². The summed E-state index contributed by atoms with van der Waals surface area (Å²) >= 11 is 3.43. The molecular formula is C12H14BrNO2. The Morgan fingerprint density at radius 1 is 1.56 bits per heavy atom. The Morgan fingerprint density at radius 2 is 2.31 bits per heavy atom. The van der Waals surface area contributed by atoms with Gasteiger partial charge in [-0.05, 0) is 31.5 Å². The van der Waals surface area contributed by atoms with Crippen molar-refractivity contribution >= 4 is 27.6 Å². The van der Waals surface area contributed by atoms with Gasteiger partial charge in [-0.3, -0.25) is 4.79 Å². The van der Waals surface area contributed by atoms with Gasteiger partial charge in [-0.25, -0.2) is 0 Å². The van der Waals surface area contributed by atoms with Crippen LogP contribution in [0.15, 0.2) is 28.7 Å². The molecule has 0 aliphatic carbocycles. The van der Waals surface area contributed by atoms with Gasteiger partial charge in [0, 0.05) is 22.7 Å². The van der Waals surface area contributed by atoms with Crippen LogP contribution < -0.4 is 4.90 Å². The fraction of sp³-hybridized carbons (Fsp3) is 0.417. The van der Waals surface area contributed by atoms with Gasteiger partial charge in [0.15, 0.2) is 0 Å². The minimum absolute atomic E-state index is 0.0619. The van der Waals surface area contributed by atoms with Gasteiger partial charge >= 0.3 is 5.97 Å². The number of carboxylic acid groups (broad SMARTS) is 1. The summed E-state index contributed by atoms with van der Waals surface area (Å²) in [6.45, 7) is 2.79. The zero-order valence-corrected chi connectivity index (χ0v) is 10.6. The number of anilines is 1. The summed E-state index contributed by atoms with van der Waals surface area (Å²) in [6, 6.07) is 8.05. The van der Waals surface area contributed by atoms with Crippen molar-refractivity contribution in [3.8, 4) is 0 Å². The molecule has 16 heavy (non-hydrogen) atoms. The predicted octanol–water partition coefficient (Wildman–Crippen LogP) is 2.75. The average molecular weight is 284 g/mol.